The smallest absolute Gasteiger partial charge is 0.320 e. The fourth-order valence-corrected chi connectivity index (χ4v) is 5.20. The van der Waals surface area contributed by atoms with Crippen LogP contribution in [0.25, 0.3) is 5.69 Å². The van der Waals surface area contributed by atoms with E-state index in [0.717, 1.165) is 39.8 Å². The van der Waals surface area contributed by atoms with Crippen molar-refractivity contribution >= 4 is 34.4 Å². The summed E-state index contributed by atoms with van der Waals surface area (Å²) in [6.45, 7) is 6.42. The number of aliphatic hydroxyl groups is 1. The van der Waals surface area contributed by atoms with Gasteiger partial charge in [0.05, 0.1) is 17.4 Å². The summed E-state index contributed by atoms with van der Waals surface area (Å²) >= 11 is 2.28. The van der Waals surface area contributed by atoms with Gasteiger partial charge in [-0.1, -0.05) is 57.9 Å². The van der Waals surface area contributed by atoms with Crippen LogP contribution < -0.4 is 10.6 Å². The number of aromatic nitrogens is 2. The highest BCUT2D eigenvalue weighted by molar-refractivity contribution is 14.1. The van der Waals surface area contributed by atoms with Crippen LogP contribution in [0.3, 0.4) is 0 Å². The first-order chi connectivity index (χ1) is 16.8. The molecule has 186 valence electrons. The number of benzene rings is 2. The van der Waals surface area contributed by atoms with Gasteiger partial charge in [-0.25, -0.2) is 9.48 Å². The lowest BCUT2D eigenvalue weighted by molar-refractivity contribution is 0.247. The lowest BCUT2D eigenvalue weighted by atomic mass is 9.90. The molecular formula is C28H35IN4O2. The number of aryl methyl sites for hydroxylation is 1. The normalized spacial score (nSPS) is 16.2. The van der Waals surface area contributed by atoms with E-state index in [1.807, 2.05) is 24.3 Å². The molecule has 35 heavy (non-hydrogen) atoms. The molecule has 0 aliphatic heterocycles. The number of halogens is 1. The summed E-state index contributed by atoms with van der Waals surface area (Å²) in [5, 5.41) is 20.6. The Labute approximate surface area is 221 Å². The first-order valence-electron chi connectivity index (χ1n) is 12.4. The fourth-order valence-electron chi connectivity index (χ4n) is 4.60. The molecule has 0 spiro atoms. The van der Waals surface area contributed by atoms with Gasteiger partial charge in [-0.05, 0) is 83.2 Å². The Morgan fingerprint density at radius 3 is 2.71 bits per heavy atom. The maximum Gasteiger partial charge on any atom is 0.320 e. The van der Waals surface area contributed by atoms with Crippen molar-refractivity contribution in [2.45, 2.75) is 70.8 Å². The van der Waals surface area contributed by atoms with Crippen LogP contribution in [0.5, 0.6) is 0 Å². The fraction of sp³-hybridized carbons (Fsp3) is 0.429. The monoisotopic (exact) mass is 586 g/mol. The molecule has 1 aromatic heterocycles. The highest BCUT2D eigenvalue weighted by atomic mass is 127. The van der Waals surface area contributed by atoms with Crippen LogP contribution in [0.4, 0.5) is 10.6 Å². The van der Waals surface area contributed by atoms with Crippen molar-refractivity contribution in [1.82, 2.24) is 15.1 Å². The Kier molecular flexibility index (Phi) is 8.16. The predicted octanol–water partition coefficient (Wildman–Crippen LogP) is 6.29. The lowest BCUT2D eigenvalue weighted by Crippen LogP contribution is -2.34. The molecule has 4 rings (SSSR count). The molecular weight excluding hydrogens is 551 g/mol. The third-order valence-corrected chi connectivity index (χ3v) is 7.60. The third-order valence-electron chi connectivity index (χ3n) is 6.55. The molecule has 0 saturated heterocycles. The first-order valence-corrected chi connectivity index (χ1v) is 13.5. The number of carbonyl (C=O) groups is 1. The molecule has 0 unspecified atom stereocenters. The van der Waals surface area contributed by atoms with E-state index in [9.17, 15) is 9.90 Å². The van der Waals surface area contributed by atoms with Gasteiger partial charge in [0.15, 0.2) is 0 Å². The van der Waals surface area contributed by atoms with Crippen molar-refractivity contribution in [3.05, 3.63) is 74.5 Å². The Bertz CT molecular complexity index is 1180. The van der Waals surface area contributed by atoms with Gasteiger partial charge < -0.3 is 10.4 Å². The summed E-state index contributed by atoms with van der Waals surface area (Å²) in [7, 11) is 0. The van der Waals surface area contributed by atoms with Crippen molar-refractivity contribution < 1.29 is 9.90 Å². The average molecular weight is 587 g/mol. The van der Waals surface area contributed by atoms with Crippen molar-refractivity contribution in [2.75, 3.05) is 11.9 Å². The molecule has 1 aliphatic carbocycles. The van der Waals surface area contributed by atoms with E-state index >= 15 is 0 Å². The zero-order valence-electron chi connectivity index (χ0n) is 20.8. The van der Waals surface area contributed by atoms with Crippen LogP contribution in [0, 0.1) is 3.57 Å². The zero-order chi connectivity index (χ0) is 25.0. The molecule has 3 N–H and O–H groups in total. The van der Waals surface area contributed by atoms with E-state index in [1.165, 1.54) is 24.0 Å². The second-order valence-electron chi connectivity index (χ2n) is 10.3. The average Bonchev–Trinajstić information content (AvgIpc) is 3.22. The second kappa shape index (κ2) is 11.1. The van der Waals surface area contributed by atoms with E-state index in [4.69, 9.17) is 5.10 Å². The van der Waals surface area contributed by atoms with E-state index < -0.39 is 0 Å². The third kappa shape index (κ3) is 6.25. The molecule has 2 aromatic carbocycles. The first kappa shape index (κ1) is 25.7. The molecule has 0 fully saturated rings. The number of carbonyl (C=O) groups excluding carboxylic acids is 1. The van der Waals surface area contributed by atoms with Gasteiger partial charge in [-0.3, -0.25) is 5.32 Å². The minimum atomic E-state index is -0.229. The van der Waals surface area contributed by atoms with Crippen molar-refractivity contribution in [2.24, 2.45) is 0 Å². The molecule has 2 amide bonds. The van der Waals surface area contributed by atoms with Gasteiger partial charge in [-0.15, -0.1) is 0 Å². The van der Waals surface area contributed by atoms with E-state index in [-0.39, 0.29) is 24.1 Å². The van der Waals surface area contributed by atoms with Crippen LogP contribution >= 0.6 is 22.6 Å². The van der Waals surface area contributed by atoms with Crippen LogP contribution in [0.15, 0.2) is 48.5 Å². The minimum Gasteiger partial charge on any atom is -0.396 e. The zero-order valence-corrected chi connectivity index (χ0v) is 22.9. The Balaban J connectivity index is 1.62. The Hall–Kier alpha value is -2.39. The Morgan fingerprint density at radius 1 is 1.14 bits per heavy atom. The SMILES string of the molecule is CC(C)(C)c1cc(NC(=O)N[C@H]2CCCCCc3ccccc32)n(-c2ccc(I)c(CCO)c2)n1. The summed E-state index contributed by atoms with van der Waals surface area (Å²) in [4.78, 5) is 13.3. The summed E-state index contributed by atoms with van der Waals surface area (Å²) in [6.07, 6.45) is 6.03. The number of urea groups is 1. The van der Waals surface area contributed by atoms with Gasteiger partial charge in [0, 0.05) is 21.7 Å². The maximum atomic E-state index is 13.3. The number of hydrogen-bond donors (Lipinski definition) is 3. The van der Waals surface area contributed by atoms with Crippen LogP contribution in [-0.4, -0.2) is 27.5 Å². The number of anilines is 1. The minimum absolute atomic E-state index is 0.0144. The van der Waals surface area contributed by atoms with Crippen LogP contribution in [0.2, 0.25) is 0 Å². The largest absolute Gasteiger partial charge is 0.396 e. The highest BCUT2D eigenvalue weighted by Crippen LogP contribution is 2.30. The van der Waals surface area contributed by atoms with Gasteiger partial charge in [0.1, 0.15) is 5.82 Å². The summed E-state index contributed by atoms with van der Waals surface area (Å²) in [6, 6.07) is 16.2. The predicted molar refractivity (Wildman–Crippen MR) is 149 cm³/mol. The van der Waals surface area contributed by atoms with Crippen molar-refractivity contribution in [1.29, 1.82) is 0 Å². The Morgan fingerprint density at radius 2 is 1.94 bits per heavy atom. The summed E-state index contributed by atoms with van der Waals surface area (Å²) in [5.41, 5.74) is 5.18. The number of nitrogens with one attached hydrogen (secondary N) is 2. The van der Waals surface area contributed by atoms with Crippen LogP contribution in [-0.2, 0) is 18.3 Å². The van der Waals surface area contributed by atoms with Crippen molar-refractivity contribution in [3.63, 3.8) is 0 Å². The van der Waals surface area contributed by atoms with Crippen molar-refractivity contribution in [3.8, 4) is 5.69 Å². The van der Waals surface area contributed by atoms with Gasteiger partial charge >= 0.3 is 6.03 Å². The van der Waals surface area contributed by atoms with Crippen LogP contribution in [0.1, 0.15) is 74.9 Å². The molecule has 0 bridgehead atoms. The molecule has 0 radical (unpaired) electrons. The van der Waals surface area contributed by atoms with E-state index in [2.05, 4.69) is 78.3 Å². The van der Waals surface area contributed by atoms with Gasteiger partial charge in [0.25, 0.3) is 0 Å². The molecule has 1 aliphatic rings. The van der Waals surface area contributed by atoms with Gasteiger partial charge in [0.2, 0.25) is 0 Å². The number of fused-ring (bicyclic) bond motifs is 1. The quantitative estimate of drug-likeness (QED) is 0.308. The molecule has 7 heteroatoms. The number of nitrogens with zero attached hydrogens (tertiary/aromatic N) is 2. The molecule has 1 atom stereocenters. The number of rotatable bonds is 5. The van der Waals surface area contributed by atoms with E-state index in [0.29, 0.717) is 12.2 Å². The summed E-state index contributed by atoms with van der Waals surface area (Å²) in [5.74, 6) is 0.628. The van der Waals surface area contributed by atoms with Gasteiger partial charge in [-0.2, -0.15) is 5.10 Å². The van der Waals surface area contributed by atoms with E-state index in [1.54, 1.807) is 4.68 Å². The molecule has 6 nitrogen and oxygen atoms in total. The number of hydrogen-bond acceptors (Lipinski definition) is 3. The summed E-state index contributed by atoms with van der Waals surface area (Å²) < 4.78 is 2.89. The maximum absolute atomic E-state index is 13.3. The molecule has 0 saturated carbocycles. The molecule has 1 heterocycles. The second-order valence-corrected chi connectivity index (χ2v) is 11.4. The number of amides is 2. The number of aliphatic hydroxyl groups excluding tert-OH is 1. The lowest BCUT2D eigenvalue weighted by Gasteiger charge is -2.24. The topological polar surface area (TPSA) is 79.2 Å². The standard InChI is InChI=1S/C28H35IN4O2/c1-28(2,3)25-18-26(33(32-25)21-13-14-23(29)20(17-21)15-16-34)31-27(35)30-24-12-6-4-5-9-19-10-7-8-11-22(19)24/h7-8,10-11,13-14,17-18,24,34H,4-6,9,12,15-16H2,1-3H3,(H2,30,31,35)/t24-/m0/s1. The highest BCUT2D eigenvalue weighted by Gasteiger charge is 2.24. The molecule has 3 aromatic rings.